The monoisotopic (exact) mass is 251 g/mol. The number of hydrogen-bond donors (Lipinski definition) is 2. The smallest absolute Gasteiger partial charge is 0.294 e. The minimum atomic E-state index is -4.08. The third kappa shape index (κ3) is 5.14. The van der Waals surface area contributed by atoms with Crippen LogP contribution in [0.5, 0.6) is 0 Å². The standard InChI is InChI=1S/C6H7NO3S.C6H6/c7-5-1-3-6(4-2-5)11(8,9)10;1-2-4-6-5-3-1/h1-4H,7H2,(H,8,9,10);1-6H. The largest absolute Gasteiger partial charge is 0.399 e. The lowest BCUT2D eigenvalue weighted by Crippen LogP contribution is -1.97. The van der Waals surface area contributed by atoms with Crippen molar-refractivity contribution >= 4 is 15.8 Å². The maximum Gasteiger partial charge on any atom is 0.294 e. The molecule has 0 unspecified atom stereocenters. The number of nitrogens with two attached hydrogens (primary N) is 1. The van der Waals surface area contributed by atoms with Crippen LogP contribution in [0.25, 0.3) is 0 Å². The Morgan fingerprint density at radius 3 is 1.47 bits per heavy atom. The Labute approximate surface area is 100 Å². The Morgan fingerprint density at radius 1 is 0.824 bits per heavy atom. The number of nitrogen functional groups attached to an aromatic ring is 1. The van der Waals surface area contributed by atoms with Crippen molar-refractivity contribution in [2.75, 3.05) is 5.73 Å². The second-order valence-corrected chi connectivity index (χ2v) is 4.62. The molecule has 2 aromatic rings. The first-order chi connectivity index (χ1) is 8.00. The Balaban J connectivity index is 0.000000202. The van der Waals surface area contributed by atoms with E-state index in [-0.39, 0.29) is 4.90 Å². The molecule has 4 nitrogen and oxygen atoms in total. The molecule has 0 saturated carbocycles. The zero-order valence-electron chi connectivity index (χ0n) is 9.02. The summed E-state index contributed by atoms with van der Waals surface area (Å²) in [5.74, 6) is 0. The molecule has 3 N–H and O–H groups in total. The van der Waals surface area contributed by atoms with Crippen molar-refractivity contribution in [3.63, 3.8) is 0 Å². The summed E-state index contributed by atoms with van der Waals surface area (Å²) in [6.45, 7) is 0. The lowest BCUT2D eigenvalue weighted by Gasteiger charge is -1.95. The molecule has 0 aromatic heterocycles. The Hall–Kier alpha value is -1.85. The summed E-state index contributed by atoms with van der Waals surface area (Å²) < 4.78 is 29.4. The molecule has 0 bridgehead atoms. The van der Waals surface area contributed by atoms with Crippen LogP contribution in [0.4, 0.5) is 5.69 Å². The van der Waals surface area contributed by atoms with E-state index in [9.17, 15) is 8.42 Å². The highest BCUT2D eigenvalue weighted by molar-refractivity contribution is 7.85. The molecule has 0 saturated heterocycles. The molecule has 0 heterocycles. The summed E-state index contributed by atoms with van der Waals surface area (Å²) in [6.07, 6.45) is 0. The Bertz CT molecular complexity index is 509. The first-order valence-electron chi connectivity index (χ1n) is 4.83. The van der Waals surface area contributed by atoms with Crippen LogP contribution >= 0.6 is 0 Å². The van der Waals surface area contributed by atoms with Crippen LogP contribution in [0.1, 0.15) is 0 Å². The molecule has 0 atom stereocenters. The fourth-order valence-corrected chi connectivity index (χ4v) is 1.50. The van der Waals surface area contributed by atoms with Crippen molar-refractivity contribution in [2.45, 2.75) is 4.90 Å². The van der Waals surface area contributed by atoms with Gasteiger partial charge >= 0.3 is 0 Å². The highest BCUT2D eigenvalue weighted by Crippen LogP contribution is 2.10. The van der Waals surface area contributed by atoms with Gasteiger partial charge in [-0.1, -0.05) is 36.4 Å². The van der Waals surface area contributed by atoms with Gasteiger partial charge in [0.2, 0.25) is 0 Å². The van der Waals surface area contributed by atoms with E-state index in [0.29, 0.717) is 5.69 Å². The normalized spacial score (nSPS) is 10.2. The van der Waals surface area contributed by atoms with Gasteiger partial charge in [0.1, 0.15) is 0 Å². The van der Waals surface area contributed by atoms with Gasteiger partial charge in [-0.2, -0.15) is 8.42 Å². The summed E-state index contributed by atoms with van der Waals surface area (Å²) in [5.41, 5.74) is 5.75. The van der Waals surface area contributed by atoms with Gasteiger partial charge in [-0.05, 0) is 24.3 Å². The van der Waals surface area contributed by atoms with Crippen molar-refractivity contribution < 1.29 is 13.0 Å². The van der Waals surface area contributed by atoms with Crippen LogP contribution in [0, 0.1) is 0 Å². The Kier molecular flexibility index (Phi) is 4.68. The van der Waals surface area contributed by atoms with E-state index in [1.165, 1.54) is 24.3 Å². The van der Waals surface area contributed by atoms with Gasteiger partial charge in [0.05, 0.1) is 4.90 Å². The zero-order valence-corrected chi connectivity index (χ0v) is 9.84. The highest BCUT2D eigenvalue weighted by atomic mass is 32.2. The van der Waals surface area contributed by atoms with E-state index in [4.69, 9.17) is 10.3 Å². The van der Waals surface area contributed by atoms with Gasteiger partial charge in [-0.15, -0.1) is 0 Å². The highest BCUT2D eigenvalue weighted by Gasteiger charge is 2.06. The van der Waals surface area contributed by atoms with Gasteiger partial charge in [0.15, 0.2) is 0 Å². The van der Waals surface area contributed by atoms with Crippen molar-refractivity contribution in [3.8, 4) is 0 Å². The third-order valence-corrected chi connectivity index (χ3v) is 2.71. The summed E-state index contributed by atoms with van der Waals surface area (Å²) in [7, 11) is -4.08. The average molecular weight is 251 g/mol. The minimum Gasteiger partial charge on any atom is -0.399 e. The summed E-state index contributed by atoms with van der Waals surface area (Å²) in [4.78, 5) is -0.147. The van der Waals surface area contributed by atoms with Crippen LogP contribution < -0.4 is 5.73 Å². The van der Waals surface area contributed by atoms with Crippen LogP contribution in [-0.2, 0) is 10.1 Å². The van der Waals surface area contributed by atoms with Crippen molar-refractivity contribution in [3.05, 3.63) is 60.7 Å². The number of anilines is 1. The lowest BCUT2D eigenvalue weighted by atomic mass is 10.3. The second kappa shape index (κ2) is 6.03. The molecule has 0 aliphatic rings. The van der Waals surface area contributed by atoms with Crippen molar-refractivity contribution in [2.24, 2.45) is 0 Å². The second-order valence-electron chi connectivity index (χ2n) is 3.20. The molecule has 0 spiro atoms. The van der Waals surface area contributed by atoms with Crippen LogP contribution in [0.3, 0.4) is 0 Å². The summed E-state index contributed by atoms with van der Waals surface area (Å²) in [5, 5.41) is 0. The number of rotatable bonds is 1. The van der Waals surface area contributed by atoms with E-state index < -0.39 is 10.1 Å². The van der Waals surface area contributed by atoms with Gasteiger partial charge in [0, 0.05) is 5.69 Å². The van der Waals surface area contributed by atoms with Gasteiger partial charge in [-0.25, -0.2) is 0 Å². The fourth-order valence-electron chi connectivity index (χ4n) is 1.02. The average Bonchev–Trinajstić information content (AvgIpc) is 2.31. The van der Waals surface area contributed by atoms with Crippen LogP contribution in [0.2, 0.25) is 0 Å². The van der Waals surface area contributed by atoms with Gasteiger partial charge < -0.3 is 5.73 Å². The van der Waals surface area contributed by atoms with E-state index in [0.717, 1.165) is 0 Å². The molecule has 17 heavy (non-hydrogen) atoms. The third-order valence-electron chi connectivity index (χ3n) is 1.84. The summed E-state index contributed by atoms with van der Waals surface area (Å²) in [6, 6.07) is 17.3. The van der Waals surface area contributed by atoms with Crippen molar-refractivity contribution in [1.82, 2.24) is 0 Å². The topological polar surface area (TPSA) is 80.4 Å². The molecule has 0 fully saturated rings. The molecule has 0 aliphatic heterocycles. The first kappa shape index (κ1) is 13.2. The minimum absolute atomic E-state index is 0.147. The first-order valence-corrected chi connectivity index (χ1v) is 6.27. The zero-order chi connectivity index (χ0) is 12.7. The van der Waals surface area contributed by atoms with E-state index in [1.807, 2.05) is 36.4 Å². The quantitative estimate of drug-likeness (QED) is 0.601. The number of hydrogen-bond acceptors (Lipinski definition) is 3. The predicted octanol–water partition coefficient (Wildman–Crippen LogP) is 2.20. The molecule has 2 aromatic carbocycles. The molecular weight excluding hydrogens is 238 g/mol. The lowest BCUT2D eigenvalue weighted by molar-refractivity contribution is 0.483. The van der Waals surface area contributed by atoms with Crippen molar-refractivity contribution in [1.29, 1.82) is 0 Å². The molecule has 2 rings (SSSR count). The molecule has 90 valence electrons. The molecular formula is C12H13NO3S. The predicted molar refractivity (Wildman–Crippen MR) is 67.1 cm³/mol. The van der Waals surface area contributed by atoms with E-state index >= 15 is 0 Å². The maximum absolute atomic E-state index is 10.5. The molecule has 0 radical (unpaired) electrons. The van der Waals surface area contributed by atoms with Crippen LogP contribution in [-0.4, -0.2) is 13.0 Å². The van der Waals surface area contributed by atoms with Gasteiger partial charge in [0.25, 0.3) is 10.1 Å². The van der Waals surface area contributed by atoms with E-state index in [2.05, 4.69) is 0 Å². The number of benzene rings is 2. The fraction of sp³-hybridized carbons (Fsp3) is 0. The Morgan fingerprint density at radius 2 is 1.18 bits per heavy atom. The molecule has 0 aliphatic carbocycles. The molecule has 5 heteroatoms. The van der Waals surface area contributed by atoms with Crippen LogP contribution in [0.15, 0.2) is 65.6 Å². The SMILES string of the molecule is Nc1ccc(S(=O)(=O)O)cc1.c1ccccc1. The summed E-state index contributed by atoms with van der Waals surface area (Å²) >= 11 is 0. The van der Waals surface area contributed by atoms with Gasteiger partial charge in [-0.3, -0.25) is 4.55 Å². The maximum atomic E-state index is 10.5. The molecule has 0 amide bonds. The van der Waals surface area contributed by atoms with E-state index in [1.54, 1.807) is 0 Å².